The minimum atomic E-state index is -0.639. The molecule has 3 aromatic rings. The van der Waals surface area contributed by atoms with E-state index in [9.17, 15) is 14.4 Å². The summed E-state index contributed by atoms with van der Waals surface area (Å²) in [6.07, 6.45) is 0. The van der Waals surface area contributed by atoms with Crippen LogP contribution < -0.4 is 5.32 Å². The molecular formula is C21H17NO6. The zero-order chi connectivity index (χ0) is 19.9. The number of nitrogens with one attached hydrogen (secondary N) is 1. The maximum atomic E-state index is 12.4. The molecule has 1 heterocycles. The molecule has 3 rings (SSSR count). The van der Waals surface area contributed by atoms with Crippen molar-refractivity contribution in [2.24, 2.45) is 0 Å². The van der Waals surface area contributed by atoms with Crippen LogP contribution in [0.3, 0.4) is 0 Å². The molecule has 0 atom stereocenters. The van der Waals surface area contributed by atoms with Gasteiger partial charge in [0.15, 0.2) is 0 Å². The number of methoxy groups -OCH3 is 1. The Kier molecular flexibility index (Phi) is 5.86. The van der Waals surface area contributed by atoms with Gasteiger partial charge in [-0.15, -0.1) is 0 Å². The van der Waals surface area contributed by atoms with Crippen molar-refractivity contribution in [2.45, 2.75) is 6.61 Å². The van der Waals surface area contributed by atoms with Gasteiger partial charge in [-0.2, -0.15) is 0 Å². The molecule has 28 heavy (non-hydrogen) atoms. The van der Waals surface area contributed by atoms with Crippen molar-refractivity contribution >= 4 is 23.5 Å². The van der Waals surface area contributed by atoms with Gasteiger partial charge in [0, 0.05) is 5.56 Å². The molecule has 0 aliphatic heterocycles. The number of rotatable bonds is 6. The summed E-state index contributed by atoms with van der Waals surface area (Å²) in [6, 6.07) is 18.1. The van der Waals surface area contributed by atoms with Crippen LogP contribution in [-0.2, 0) is 16.1 Å². The lowest BCUT2D eigenvalue weighted by atomic mass is 10.1. The number of hydrogen-bond acceptors (Lipinski definition) is 6. The highest BCUT2D eigenvalue weighted by Gasteiger charge is 2.17. The van der Waals surface area contributed by atoms with Crippen molar-refractivity contribution in [3.63, 3.8) is 0 Å². The number of esters is 2. The molecule has 0 aliphatic rings. The largest absolute Gasteiger partial charge is 0.463 e. The van der Waals surface area contributed by atoms with E-state index in [-0.39, 0.29) is 23.8 Å². The van der Waals surface area contributed by atoms with Gasteiger partial charge >= 0.3 is 11.9 Å². The van der Waals surface area contributed by atoms with E-state index in [2.05, 4.69) is 10.1 Å². The minimum absolute atomic E-state index is 0.0177. The molecule has 0 unspecified atom stereocenters. The molecule has 0 saturated carbocycles. The lowest BCUT2D eigenvalue weighted by molar-refractivity contribution is 0.0439. The third-order valence-electron chi connectivity index (χ3n) is 3.82. The summed E-state index contributed by atoms with van der Waals surface area (Å²) in [7, 11) is 1.24. The van der Waals surface area contributed by atoms with Crippen LogP contribution in [0.25, 0.3) is 0 Å². The van der Waals surface area contributed by atoms with Gasteiger partial charge in [-0.1, -0.05) is 30.3 Å². The van der Waals surface area contributed by atoms with Crippen molar-refractivity contribution in [3.8, 4) is 0 Å². The fraction of sp³-hybridized carbons (Fsp3) is 0.0952. The number of anilines is 1. The highest BCUT2D eigenvalue weighted by Crippen LogP contribution is 2.19. The zero-order valence-electron chi connectivity index (χ0n) is 15.0. The number of carbonyl (C=O) groups excluding carboxylic acids is 3. The minimum Gasteiger partial charge on any atom is -0.463 e. The number of furan rings is 1. The first-order chi connectivity index (χ1) is 13.6. The van der Waals surface area contributed by atoms with Gasteiger partial charge in [0.2, 0.25) is 5.76 Å². The molecular weight excluding hydrogens is 362 g/mol. The Labute approximate surface area is 160 Å². The lowest BCUT2D eigenvalue weighted by Crippen LogP contribution is -2.15. The molecule has 0 radical (unpaired) electrons. The fourth-order valence-electron chi connectivity index (χ4n) is 2.43. The van der Waals surface area contributed by atoms with E-state index in [0.29, 0.717) is 17.0 Å². The molecule has 0 fully saturated rings. The van der Waals surface area contributed by atoms with E-state index in [1.165, 1.54) is 19.2 Å². The topological polar surface area (TPSA) is 94.8 Å². The molecule has 7 heteroatoms. The summed E-state index contributed by atoms with van der Waals surface area (Å²) in [4.78, 5) is 36.2. The number of amides is 1. The van der Waals surface area contributed by atoms with Crippen molar-refractivity contribution in [1.29, 1.82) is 0 Å². The van der Waals surface area contributed by atoms with Gasteiger partial charge in [-0.25, -0.2) is 9.59 Å². The molecule has 0 aliphatic carbocycles. The monoisotopic (exact) mass is 379 g/mol. The fourth-order valence-corrected chi connectivity index (χ4v) is 2.43. The molecule has 0 spiro atoms. The molecule has 7 nitrogen and oxygen atoms in total. The number of para-hydroxylation sites is 1. The van der Waals surface area contributed by atoms with E-state index in [1.54, 1.807) is 48.5 Å². The van der Waals surface area contributed by atoms with Crippen LogP contribution in [0.1, 0.15) is 37.0 Å². The molecule has 1 amide bonds. The summed E-state index contributed by atoms with van der Waals surface area (Å²) in [5, 5.41) is 2.71. The SMILES string of the molecule is COC(=O)c1ccc(COC(=O)c2ccccc2NC(=O)c2ccccc2)o1. The summed E-state index contributed by atoms with van der Waals surface area (Å²) < 4.78 is 15.0. The molecule has 142 valence electrons. The van der Waals surface area contributed by atoms with Crippen LogP contribution in [-0.4, -0.2) is 25.0 Å². The second-order valence-electron chi connectivity index (χ2n) is 5.70. The number of benzene rings is 2. The van der Waals surface area contributed by atoms with E-state index < -0.39 is 11.9 Å². The van der Waals surface area contributed by atoms with Crippen molar-refractivity contribution in [1.82, 2.24) is 0 Å². The van der Waals surface area contributed by atoms with Gasteiger partial charge in [-0.05, 0) is 36.4 Å². The van der Waals surface area contributed by atoms with Crippen LogP contribution in [0.15, 0.2) is 71.1 Å². The first-order valence-electron chi connectivity index (χ1n) is 8.38. The third kappa shape index (κ3) is 4.45. The van der Waals surface area contributed by atoms with E-state index in [0.717, 1.165) is 0 Å². The Hall–Kier alpha value is -3.87. The van der Waals surface area contributed by atoms with Gasteiger partial charge in [0.05, 0.1) is 18.4 Å². The summed E-state index contributed by atoms with van der Waals surface area (Å²) in [5.41, 5.74) is 0.999. The predicted octanol–water partition coefficient (Wildman–Crippen LogP) is 3.68. The maximum Gasteiger partial charge on any atom is 0.373 e. The second kappa shape index (κ2) is 8.68. The van der Waals surface area contributed by atoms with Crippen molar-refractivity contribution in [2.75, 3.05) is 12.4 Å². The Morgan fingerprint density at radius 3 is 2.36 bits per heavy atom. The average molecular weight is 379 g/mol. The van der Waals surface area contributed by atoms with E-state index >= 15 is 0 Å². The lowest BCUT2D eigenvalue weighted by Gasteiger charge is -2.10. The van der Waals surface area contributed by atoms with E-state index in [4.69, 9.17) is 9.15 Å². The first kappa shape index (κ1) is 18.9. The second-order valence-corrected chi connectivity index (χ2v) is 5.70. The van der Waals surface area contributed by atoms with Crippen LogP contribution in [0.2, 0.25) is 0 Å². The van der Waals surface area contributed by atoms with E-state index in [1.807, 2.05) is 6.07 Å². The molecule has 1 N–H and O–H groups in total. The highest BCUT2D eigenvalue weighted by atomic mass is 16.5. The summed E-state index contributed by atoms with van der Waals surface area (Å²) >= 11 is 0. The Morgan fingerprint density at radius 2 is 1.61 bits per heavy atom. The Balaban J connectivity index is 1.68. The smallest absolute Gasteiger partial charge is 0.373 e. The first-order valence-corrected chi connectivity index (χ1v) is 8.38. The molecule has 2 aromatic carbocycles. The van der Waals surface area contributed by atoms with Crippen LogP contribution in [0, 0.1) is 0 Å². The normalized spacial score (nSPS) is 10.2. The third-order valence-corrected chi connectivity index (χ3v) is 3.82. The van der Waals surface area contributed by atoms with Crippen LogP contribution in [0.4, 0.5) is 5.69 Å². The summed E-state index contributed by atoms with van der Waals surface area (Å²) in [5.74, 6) is -1.29. The van der Waals surface area contributed by atoms with Gasteiger partial charge in [-0.3, -0.25) is 4.79 Å². The van der Waals surface area contributed by atoms with Gasteiger partial charge in [0.1, 0.15) is 12.4 Å². The van der Waals surface area contributed by atoms with Crippen molar-refractivity contribution in [3.05, 3.63) is 89.4 Å². The number of carbonyl (C=O) groups is 3. The predicted molar refractivity (Wildman–Crippen MR) is 100 cm³/mol. The van der Waals surface area contributed by atoms with Gasteiger partial charge in [0.25, 0.3) is 5.91 Å². The summed E-state index contributed by atoms with van der Waals surface area (Å²) in [6.45, 7) is -0.170. The molecule has 0 bridgehead atoms. The average Bonchev–Trinajstić information content (AvgIpc) is 3.21. The molecule has 1 aromatic heterocycles. The highest BCUT2D eigenvalue weighted by molar-refractivity contribution is 6.07. The standard InChI is InChI=1S/C21H17NO6/c1-26-21(25)18-12-11-15(28-18)13-27-20(24)16-9-5-6-10-17(16)22-19(23)14-7-3-2-4-8-14/h2-12H,13H2,1H3,(H,22,23). The molecule has 0 saturated heterocycles. The Bertz CT molecular complexity index is 993. The zero-order valence-corrected chi connectivity index (χ0v) is 15.0. The maximum absolute atomic E-state index is 12.4. The van der Waals surface area contributed by atoms with Crippen LogP contribution in [0.5, 0.6) is 0 Å². The number of hydrogen-bond donors (Lipinski definition) is 1. The van der Waals surface area contributed by atoms with Gasteiger partial charge < -0.3 is 19.2 Å². The quantitative estimate of drug-likeness (QED) is 0.657. The number of ether oxygens (including phenoxy) is 2. The van der Waals surface area contributed by atoms with Crippen molar-refractivity contribution < 1.29 is 28.3 Å². The van der Waals surface area contributed by atoms with Crippen LogP contribution >= 0.6 is 0 Å². The Morgan fingerprint density at radius 1 is 0.893 bits per heavy atom.